The maximum absolute atomic E-state index is 13.3. The number of hydrogen-bond donors (Lipinski definition) is 2. The summed E-state index contributed by atoms with van der Waals surface area (Å²) >= 11 is 0. The van der Waals surface area contributed by atoms with E-state index in [4.69, 9.17) is 5.73 Å². The summed E-state index contributed by atoms with van der Waals surface area (Å²) < 4.78 is 13.3. The number of anilines is 2. The Hall–Kier alpha value is -2.95. The van der Waals surface area contributed by atoms with E-state index in [0.29, 0.717) is 16.8 Å². The fourth-order valence-corrected chi connectivity index (χ4v) is 2.47. The van der Waals surface area contributed by atoms with E-state index in [1.807, 2.05) is 24.3 Å². The second-order valence-electron chi connectivity index (χ2n) is 5.02. The molecule has 5 heteroatoms. The molecule has 0 saturated carbocycles. The van der Waals surface area contributed by atoms with Gasteiger partial charge in [-0.25, -0.2) is 4.39 Å². The third-order valence-electron chi connectivity index (χ3n) is 3.44. The summed E-state index contributed by atoms with van der Waals surface area (Å²) in [5.41, 5.74) is 7.93. The molecule has 0 atom stereocenters. The van der Waals surface area contributed by atoms with Crippen LogP contribution in [0.2, 0.25) is 0 Å². The van der Waals surface area contributed by atoms with Gasteiger partial charge < -0.3 is 11.1 Å². The molecule has 0 saturated heterocycles. The van der Waals surface area contributed by atoms with Crippen molar-refractivity contribution in [3.05, 3.63) is 65.6 Å². The number of pyridine rings is 1. The lowest BCUT2D eigenvalue weighted by molar-refractivity contribution is 0.102. The summed E-state index contributed by atoms with van der Waals surface area (Å²) in [6.07, 6.45) is 1.66. The Morgan fingerprint density at radius 1 is 1.23 bits per heavy atom. The van der Waals surface area contributed by atoms with Crippen molar-refractivity contribution in [1.82, 2.24) is 4.98 Å². The molecule has 3 N–H and O–H groups in total. The summed E-state index contributed by atoms with van der Waals surface area (Å²) in [5.74, 6) is -0.841. The van der Waals surface area contributed by atoms with Gasteiger partial charge in [-0.2, -0.15) is 0 Å². The smallest absolute Gasteiger partial charge is 0.258 e. The summed E-state index contributed by atoms with van der Waals surface area (Å²) in [5, 5.41) is 3.72. The number of nitrogens with two attached hydrogens (primary N) is 1. The van der Waals surface area contributed by atoms with Gasteiger partial charge in [0.1, 0.15) is 5.82 Å². The van der Waals surface area contributed by atoms with Gasteiger partial charge in [-0.1, -0.05) is 18.2 Å². The molecule has 0 aliphatic heterocycles. The fraction of sp³-hybridized carbons (Fsp3) is 0.0588. The van der Waals surface area contributed by atoms with Crippen LogP contribution < -0.4 is 11.1 Å². The van der Waals surface area contributed by atoms with Crippen molar-refractivity contribution in [1.29, 1.82) is 0 Å². The van der Waals surface area contributed by atoms with Crippen molar-refractivity contribution >= 4 is 28.2 Å². The Labute approximate surface area is 126 Å². The Kier molecular flexibility index (Phi) is 3.47. The minimum atomic E-state index is -0.460. The molecule has 4 nitrogen and oxygen atoms in total. The van der Waals surface area contributed by atoms with Crippen molar-refractivity contribution in [2.75, 3.05) is 11.1 Å². The van der Waals surface area contributed by atoms with Crippen LogP contribution >= 0.6 is 0 Å². The third-order valence-corrected chi connectivity index (χ3v) is 3.44. The van der Waals surface area contributed by atoms with Crippen molar-refractivity contribution in [3.8, 4) is 0 Å². The topological polar surface area (TPSA) is 68.0 Å². The zero-order valence-corrected chi connectivity index (χ0v) is 11.9. The monoisotopic (exact) mass is 295 g/mol. The number of hydrogen-bond acceptors (Lipinski definition) is 3. The molecule has 0 fully saturated rings. The molecule has 22 heavy (non-hydrogen) atoms. The van der Waals surface area contributed by atoms with Gasteiger partial charge in [0, 0.05) is 17.3 Å². The van der Waals surface area contributed by atoms with Crippen LogP contribution in [0.5, 0.6) is 0 Å². The number of aryl methyl sites for hydroxylation is 1. The van der Waals surface area contributed by atoms with E-state index in [1.54, 1.807) is 19.2 Å². The fourth-order valence-electron chi connectivity index (χ4n) is 2.47. The Balaban J connectivity index is 2.01. The highest BCUT2D eigenvalue weighted by Gasteiger charge is 2.15. The first-order valence-electron chi connectivity index (χ1n) is 6.77. The van der Waals surface area contributed by atoms with E-state index in [2.05, 4.69) is 10.3 Å². The van der Waals surface area contributed by atoms with E-state index < -0.39 is 5.82 Å². The molecule has 1 amide bonds. The van der Waals surface area contributed by atoms with E-state index >= 15 is 0 Å². The molecule has 0 unspecified atom stereocenters. The summed E-state index contributed by atoms with van der Waals surface area (Å²) in [6.45, 7) is 1.65. The van der Waals surface area contributed by atoms with Crippen molar-refractivity contribution in [2.45, 2.75) is 6.92 Å². The van der Waals surface area contributed by atoms with E-state index in [-0.39, 0.29) is 17.2 Å². The van der Waals surface area contributed by atoms with Crippen molar-refractivity contribution in [2.24, 2.45) is 0 Å². The number of nitrogen functional groups attached to an aromatic ring is 1. The molecular formula is C17H14FN3O. The molecule has 0 bridgehead atoms. The maximum atomic E-state index is 13.3. The van der Waals surface area contributed by atoms with Crippen LogP contribution in [0.4, 0.5) is 15.8 Å². The largest absolute Gasteiger partial charge is 0.398 e. The Morgan fingerprint density at radius 2 is 2.00 bits per heavy atom. The molecule has 3 aromatic rings. The minimum Gasteiger partial charge on any atom is -0.398 e. The SMILES string of the molecule is Cc1cc(F)cc(N)c1C(=O)Nc1cccc2cccnc12. The number of para-hydroxylation sites is 1. The van der Waals surface area contributed by atoms with Crippen LogP contribution in [-0.4, -0.2) is 10.9 Å². The van der Waals surface area contributed by atoms with Gasteiger partial charge in [-0.3, -0.25) is 9.78 Å². The lowest BCUT2D eigenvalue weighted by Gasteiger charge is -2.12. The third kappa shape index (κ3) is 2.48. The molecule has 110 valence electrons. The zero-order chi connectivity index (χ0) is 15.7. The predicted molar refractivity (Wildman–Crippen MR) is 85.2 cm³/mol. The van der Waals surface area contributed by atoms with E-state index in [1.165, 1.54) is 6.07 Å². The molecule has 2 aromatic carbocycles. The lowest BCUT2D eigenvalue weighted by Crippen LogP contribution is -2.16. The zero-order valence-electron chi connectivity index (χ0n) is 11.9. The van der Waals surface area contributed by atoms with Crippen LogP contribution in [0.15, 0.2) is 48.7 Å². The Morgan fingerprint density at radius 3 is 2.77 bits per heavy atom. The van der Waals surface area contributed by atoms with Gasteiger partial charge >= 0.3 is 0 Å². The number of benzene rings is 2. The van der Waals surface area contributed by atoms with Crippen molar-refractivity contribution < 1.29 is 9.18 Å². The molecule has 1 aromatic heterocycles. The second kappa shape index (κ2) is 5.44. The number of amides is 1. The number of nitrogens with zero attached hydrogens (tertiary/aromatic N) is 1. The van der Waals surface area contributed by atoms with Crippen molar-refractivity contribution in [3.63, 3.8) is 0 Å². The average Bonchev–Trinajstić information content (AvgIpc) is 2.46. The molecule has 0 aliphatic rings. The van der Waals surface area contributed by atoms with Crippen LogP contribution in [0, 0.1) is 12.7 Å². The highest BCUT2D eigenvalue weighted by Crippen LogP contribution is 2.24. The number of aromatic nitrogens is 1. The predicted octanol–water partition coefficient (Wildman–Crippen LogP) is 3.52. The molecule has 1 heterocycles. The van der Waals surface area contributed by atoms with E-state index in [0.717, 1.165) is 11.5 Å². The standard InChI is InChI=1S/C17H14FN3O/c1-10-8-12(18)9-13(19)15(10)17(22)21-14-6-2-4-11-5-3-7-20-16(11)14/h2-9H,19H2,1H3,(H,21,22). The highest BCUT2D eigenvalue weighted by atomic mass is 19.1. The van der Waals surface area contributed by atoms with Gasteiger partial charge in [-0.05, 0) is 36.8 Å². The maximum Gasteiger partial charge on any atom is 0.258 e. The first-order chi connectivity index (χ1) is 10.6. The van der Waals surface area contributed by atoms with E-state index in [9.17, 15) is 9.18 Å². The summed E-state index contributed by atoms with van der Waals surface area (Å²) in [4.78, 5) is 16.8. The van der Waals surface area contributed by atoms with Crippen LogP contribution in [0.1, 0.15) is 15.9 Å². The van der Waals surface area contributed by atoms with Gasteiger partial charge in [0.05, 0.1) is 16.8 Å². The molecule has 0 aliphatic carbocycles. The highest BCUT2D eigenvalue weighted by molar-refractivity contribution is 6.11. The van der Waals surface area contributed by atoms with Crippen LogP contribution in [0.25, 0.3) is 10.9 Å². The first kappa shape index (κ1) is 14.0. The number of rotatable bonds is 2. The molecule has 0 spiro atoms. The number of carbonyl (C=O) groups excluding carboxylic acids is 1. The van der Waals surface area contributed by atoms with Gasteiger partial charge in [0.15, 0.2) is 0 Å². The number of carbonyl (C=O) groups is 1. The number of halogens is 1. The number of nitrogens with one attached hydrogen (secondary N) is 1. The summed E-state index contributed by atoms with van der Waals surface area (Å²) in [6, 6.07) is 11.7. The molecule has 3 rings (SSSR count). The van der Waals surface area contributed by atoms with Gasteiger partial charge in [0.2, 0.25) is 0 Å². The van der Waals surface area contributed by atoms with Gasteiger partial charge in [0.25, 0.3) is 5.91 Å². The second-order valence-corrected chi connectivity index (χ2v) is 5.02. The molecular weight excluding hydrogens is 281 g/mol. The first-order valence-corrected chi connectivity index (χ1v) is 6.77. The van der Waals surface area contributed by atoms with Crippen LogP contribution in [0.3, 0.4) is 0 Å². The molecule has 0 radical (unpaired) electrons. The lowest BCUT2D eigenvalue weighted by atomic mass is 10.1. The normalized spacial score (nSPS) is 10.6. The van der Waals surface area contributed by atoms with Crippen LogP contribution in [-0.2, 0) is 0 Å². The number of fused-ring (bicyclic) bond motifs is 1. The van der Waals surface area contributed by atoms with Gasteiger partial charge in [-0.15, -0.1) is 0 Å². The average molecular weight is 295 g/mol. The summed E-state index contributed by atoms with van der Waals surface area (Å²) in [7, 11) is 0. The quantitative estimate of drug-likeness (QED) is 0.711. The minimum absolute atomic E-state index is 0.114. The Bertz CT molecular complexity index is 848.